The Hall–Kier alpha value is -2.56. The van der Waals surface area contributed by atoms with Crippen LogP contribution in [0.15, 0.2) is 42.7 Å². The van der Waals surface area contributed by atoms with E-state index in [2.05, 4.69) is 27.0 Å². The van der Waals surface area contributed by atoms with Crippen LogP contribution in [-0.4, -0.2) is 27.7 Å². The Morgan fingerprint density at radius 3 is 2.83 bits per heavy atom. The fraction of sp³-hybridized carbons (Fsp3) is 0.368. The Labute approximate surface area is 141 Å². The van der Waals surface area contributed by atoms with E-state index < -0.39 is 0 Å². The molecule has 0 bridgehead atoms. The van der Waals surface area contributed by atoms with Crippen molar-refractivity contribution < 1.29 is 4.74 Å². The minimum Gasteiger partial charge on any atom is -0.497 e. The van der Waals surface area contributed by atoms with Crippen LogP contribution in [0.3, 0.4) is 0 Å². The number of aromatic nitrogens is 3. The average molecular weight is 322 g/mol. The van der Waals surface area contributed by atoms with E-state index in [1.165, 1.54) is 32.1 Å². The first-order valence-electron chi connectivity index (χ1n) is 8.58. The molecular formula is C19H22N4O. The molecule has 1 aromatic carbocycles. The number of benzene rings is 1. The van der Waals surface area contributed by atoms with Crippen LogP contribution >= 0.6 is 0 Å². The van der Waals surface area contributed by atoms with Gasteiger partial charge in [-0.3, -0.25) is 0 Å². The maximum Gasteiger partial charge on any atom is 0.224 e. The van der Waals surface area contributed by atoms with E-state index in [4.69, 9.17) is 9.72 Å². The van der Waals surface area contributed by atoms with Crippen molar-refractivity contribution in [2.24, 2.45) is 0 Å². The molecule has 0 spiro atoms. The lowest BCUT2D eigenvalue weighted by atomic mass is 9.96. The van der Waals surface area contributed by atoms with Crippen molar-refractivity contribution in [3.05, 3.63) is 42.7 Å². The van der Waals surface area contributed by atoms with E-state index >= 15 is 0 Å². The zero-order chi connectivity index (χ0) is 16.4. The van der Waals surface area contributed by atoms with Crippen molar-refractivity contribution in [2.75, 3.05) is 12.4 Å². The van der Waals surface area contributed by atoms with E-state index in [9.17, 15) is 0 Å². The predicted molar refractivity (Wildman–Crippen MR) is 95.9 cm³/mol. The van der Waals surface area contributed by atoms with E-state index in [0.717, 1.165) is 28.4 Å². The molecule has 0 amide bonds. The molecule has 5 nitrogen and oxygen atoms in total. The molecule has 0 aliphatic heterocycles. The van der Waals surface area contributed by atoms with Gasteiger partial charge in [0.1, 0.15) is 11.6 Å². The lowest BCUT2D eigenvalue weighted by Crippen LogP contribution is -2.23. The summed E-state index contributed by atoms with van der Waals surface area (Å²) in [6.07, 6.45) is 10.2. The fourth-order valence-electron chi connectivity index (χ4n) is 3.43. The molecule has 5 heteroatoms. The number of ether oxygens (including phenoxy) is 1. The van der Waals surface area contributed by atoms with Gasteiger partial charge in [-0.25, -0.2) is 4.98 Å². The third kappa shape index (κ3) is 2.94. The molecule has 1 aliphatic rings. The van der Waals surface area contributed by atoms with Crippen molar-refractivity contribution in [3.63, 3.8) is 0 Å². The van der Waals surface area contributed by atoms with Gasteiger partial charge >= 0.3 is 0 Å². The molecule has 3 aromatic rings. The Morgan fingerprint density at radius 1 is 1.12 bits per heavy atom. The summed E-state index contributed by atoms with van der Waals surface area (Å²) in [5.74, 6) is 2.46. The smallest absolute Gasteiger partial charge is 0.224 e. The molecule has 4 rings (SSSR count). The lowest BCUT2D eigenvalue weighted by molar-refractivity contribution is 0.415. The molecule has 0 atom stereocenters. The molecule has 1 N–H and O–H groups in total. The van der Waals surface area contributed by atoms with Crippen molar-refractivity contribution in [1.29, 1.82) is 0 Å². The van der Waals surface area contributed by atoms with Gasteiger partial charge in [0.15, 0.2) is 0 Å². The number of nitrogens with zero attached hydrogens (tertiary/aromatic N) is 3. The molecule has 0 unspecified atom stereocenters. The van der Waals surface area contributed by atoms with Gasteiger partial charge in [-0.15, -0.1) is 0 Å². The Bertz CT molecular complexity index is 836. The molecule has 1 saturated carbocycles. The normalized spacial score (nSPS) is 15.5. The maximum absolute atomic E-state index is 5.30. The second kappa shape index (κ2) is 6.51. The molecule has 0 saturated heterocycles. The highest BCUT2D eigenvalue weighted by Gasteiger charge is 2.14. The summed E-state index contributed by atoms with van der Waals surface area (Å²) in [4.78, 5) is 9.11. The maximum atomic E-state index is 5.30. The minimum atomic E-state index is 0.500. The third-order valence-electron chi connectivity index (χ3n) is 4.72. The van der Waals surface area contributed by atoms with Gasteiger partial charge in [0.2, 0.25) is 5.95 Å². The van der Waals surface area contributed by atoms with Crippen LogP contribution in [0.5, 0.6) is 5.75 Å². The summed E-state index contributed by atoms with van der Waals surface area (Å²) in [5.41, 5.74) is 1.11. The van der Waals surface area contributed by atoms with Crippen molar-refractivity contribution >= 4 is 16.9 Å². The quantitative estimate of drug-likeness (QED) is 0.783. The second-order valence-corrected chi connectivity index (χ2v) is 6.33. The molecule has 1 fully saturated rings. The number of hydrogen-bond donors (Lipinski definition) is 1. The van der Waals surface area contributed by atoms with Crippen LogP contribution in [0, 0.1) is 0 Å². The summed E-state index contributed by atoms with van der Waals surface area (Å²) in [5, 5.41) is 4.63. The SMILES string of the molecule is COc1ccc2c(ccn2-c2ccnc(NC3CCCCC3)n2)c1. The number of nitrogens with one attached hydrogen (secondary N) is 1. The van der Waals surface area contributed by atoms with Gasteiger partial charge in [0.25, 0.3) is 0 Å². The predicted octanol–water partition coefficient (Wildman–Crippen LogP) is 4.17. The van der Waals surface area contributed by atoms with Crippen LogP contribution in [-0.2, 0) is 0 Å². The first-order valence-corrected chi connectivity index (χ1v) is 8.58. The summed E-state index contributed by atoms with van der Waals surface area (Å²) in [7, 11) is 1.69. The summed E-state index contributed by atoms with van der Waals surface area (Å²) >= 11 is 0. The van der Waals surface area contributed by atoms with E-state index in [1.54, 1.807) is 7.11 Å². The van der Waals surface area contributed by atoms with Crippen LogP contribution in [0.4, 0.5) is 5.95 Å². The zero-order valence-corrected chi connectivity index (χ0v) is 13.9. The molecule has 2 heterocycles. The Kier molecular flexibility index (Phi) is 4.07. The number of methoxy groups -OCH3 is 1. The summed E-state index contributed by atoms with van der Waals surface area (Å²) < 4.78 is 7.38. The minimum absolute atomic E-state index is 0.500. The van der Waals surface area contributed by atoms with Gasteiger partial charge in [0.05, 0.1) is 12.6 Å². The van der Waals surface area contributed by atoms with Crippen molar-refractivity contribution in [2.45, 2.75) is 38.1 Å². The van der Waals surface area contributed by atoms with Crippen LogP contribution in [0.25, 0.3) is 16.7 Å². The molecule has 2 aromatic heterocycles. The van der Waals surface area contributed by atoms with E-state index in [-0.39, 0.29) is 0 Å². The number of anilines is 1. The third-order valence-corrected chi connectivity index (χ3v) is 4.72. The highest BCUT2D eigenvalue weighted by Crippen LogP contribution is 2.25. The average Bonchev–Trinajstić information content (AvgIpc) is 3.06. The number of fused-ring (bicyclic) bond motifs is 1. The van der Waals surface area contributed by atoms with Crippen molar-refractivity contribution in [3.8, 4) is 11.6 Å². The first kappa shape index (κ1) is 15.0. The summed E-state index contributed by atoms with van der Waals surface area (Å²) in [6.45, 7) is 0. The molecular weight excluding hydrogens is 300 g/mol. The second-order valence-electron chi connectivity index (χ2n) is 6.33. The number of rotatable bonds is 4. The first-order chi connectivity index (χ1) is 11.8. The van der Waals surface area contributed by atoms with Gasteiger partial charge in [-0.05, 0) is 43.2 Å². The Balaban J connectivity index is 1.63. The fourth-order valence-corrected chi connectivity index (χ4v) is 3.43. The van der Waals surface area contributed by atoms with E-state index in [0.29, 0.717) is 6.04 Å². The van der Waals surface area contributed by atoms with Crippen LogP contribution in [0.1, 0.15) is 32.1 Å². The lowest BCUT2D eigenvalue weighted by Gasteiger charge is -2.22. The van der Waals surface area contributed by atoms with Gasteiger partial charge in [-0.1, -0.05) is 19.3 Å². The van der Waals surface area contributed by atoms with Crippen LogP contribution in [0.2, 0.25) is 0 Å². The largest absolute Gasteiger partial charge is 0.497 e. The Morgan fingerprint density at radius 2 is 2.00 bits per heavy atom. The zero-order valence-electron chi connectivity index (χ0n) is 13.9. The van der Waals surface area contributed by atoms with Crippen molar-refractivity contribution in [1.82, 2.24) is 14.5 Å². The molecule has 0 radical (unpaired) electrons. The highest BCUT2D eigenvalue weighted by atomic mass is 16.5. The topological polar surface area (TPSA) is 52.0 Å². The number of hydrogen-bond acceptors (Lipinski definition) is 4. The van der Waals surface area contributed by atoms with Crippen LogP contribution < -0.4 is 10.1 Å². The van der Waals surface area contributed by atoms with E-state index in [1.807, 2.05) is 30.6 Å². The molecule has 24 heavy (non-hydrogen) atoms. The standard InChI is InChI=1S/C19H22N4O/c1-24-16-7-8-17-14(13-16)10-12-23(17)18-9-11-20-19(22-18)21-15-5-3-2-4-6-15/h7-13,15H,2-6H2,1H3,(H,20,21,22). The molecule has 124 valence electrons. The highest BCUT2D eigenvalue weighted by molar-refractivity contribution is 5.83. The van der Waals surface area contributed by atoms with Gasteiger partial charge in [-0.2, -0.15) is 4.98 Å². The van der Waals surface area contributed by atoms with Gasteiger partial charge in [0, 0.05) is 23.8 Å². The monoisotopic (exact) mass is 322 g/mol. The van der Waals surface area contributed by atoms with Gasteiger partial charge < -0.3 is 14.6 Å². The molecule has 1 aliphatic carbocycles. The summed E-state index contributed by atoms with van der Waals surface area (Å²) in [6, 6.07) is 10.6.